The number of likely N-dealkylation sites (N-methyl/N-ethyl adjacent to an activating group) is 1. The van der Waals surface area contributed by atoms with Crippen LogP contribution in [0, 0.1) is 0 Å². The third-order valence-electron chi connectivity index (χ3n) is 5.71. The zero-order valence-corrected chi connectivity index (χ0v) is 21.4. The van der Waals surface area contributed by atoms with Gasteiger partial charge in [-0.05, 0) is 86.7 Å². The summed E-state index contributed by atoms with van der Waals surface area (Å²) in [6.07, 6.45) is 8.60. The second-order valence-corrected chi connectivity index (χ2v) is 9.87. The quantitative estimate of drug-likeness (QED) is 0.419. The minimum atomic E-state index is -3.48. The van der Waals surface area contributed by atoms with Gasteiger partial charge in [-0.3, -0.25) is 0 Å². The molecule has 8 heteroatoms. The maximum Gasteiger partial charge on any atom is 0.306 e. The summed E-state index contributed by atoms with van der Waals surface area (Å²) in [6.45, 7) is 1.98. The van der Waals surface area contributed by atoms with Gasteiger partial charge in [-0.1, -0.05) is 23.8 Å². The largest absolute Gasteiger partial charge is 0.493 e. The van der Waals surface area contributed by atoms with Gasteiger partial charge in [-0.25, -0.2) is 0 Å². The van der Waals surface area contributed by atoms with Crippen molar-refractivity contribution < 1.29 is 22.1 Å². The molecule has 2 aromatic rings. The van der Waals surface area contributed by atoms with E-state index in [0.29, 0.717) is 5.75 Å². The number of rotatable bonds is 11. The molecule has 0 fully saturated rings. The van der Waals surface area contributed by atoms with Crippen molar-refractivity contribution in [2.45, 2.75) is 32.1 Å². The summed E-state index contributed by atoms with van der Waals surface area (Å²) >= 11 is 0. The molecular formula is C25H34ClNO5S. The van der Waals surface area contributed by atoms with E-state index in [2.05, 4.69) is 30.2 Å². The van der Waals surface area contributed by atoms with Gasteiger partial charge in [0.2, 0.25) is 0 Å². The second kappa shape index (κ2) is 12.3. The Morgan fingerprint density at radius 3 is 2.24 bits per heavy atom. The Kier molecular flexibility index (Phi) is 10.1. The van der Waals surface area contributed by atoms with Gasteiger partial charge in [0.1, 0.15) is 5.75 Å². The third-order valence-corrected chi connectivity index (χ3v) is 6.21. The van der Waals surface area contributed by atoms with Crippen LogP contribution in [0.1, 0.15) is 36.0 Å². The fourth-order valence-electron chi connectivity index (χ4n) is 3.97. The second-order valence-electron chi connectivity index (χ2n) is 8.30. The van der Waals surface area contributed by atoms with Crippen molar-refractivity contribution in [2.24, 2.45) is 0 Å². The Balaban J connectivity index is 0.00000385. The highest BCUT2D eigenvalue weighted by Crippen LogP contribution is 2.35. The molecule has 33 heavy (non-hydrogen) atoms. The summed E-state index contributed by atoms with van der Waals surface area (Å²) < 4.78 is 38.1. The van der Waals surface area contributed by atoms with Gasteiger partial charge in [0.05, 0.1) is 20.5 Å². The Labute approximate surface area is 204 Å². The summed E-state index contributed by atoms with van der Waals surface area (Å²) in [7, 11) is 2.00. The number of ether oxygens (including phenoxy) is 2. The van der Waals surface area contributed by atoms with Gasteiger partial charge >= 0.3 is 10.1 Å². The average molecular weight is 496 g/mol. The van der Waals surface area contributed by atoms with Crippen LogP contribution in [0.5, 0.6) is 17.2 Å². The lowest BCUT2D eigenvalue weighted by Gasteiger charge is -2.20. The lowest BCUT2D eigenvalue weighted by atomic mass is 9.89. The molecule has 6 nitrogen and oxygen atoms in total. The summed E-state index contributed by atoms with van der Waals surface area (Å²) in [5.74, 6) is 1.92. The van der Waals surface area contributed by atoms with Crippen molar-refractivity contribution in [3.8, 4) is 17.2 Å². The van der Waals surface area contributed by atoms with E-state index in [1.807, 2.05) is 12.1 Å². The number of halogens is 1. The van der Waals surface area contributed by atoms with Crippen molar-refractivity contribution in [2.75, 3.05) is 40.6 Å². The molecule has 0 amide bonds. The highest BCUT2D eigenvalue weighted by atomic mass is 35.5. The molecule has 0 aliphatic heterocycles. The van der Waals surface area contributed by atoms with Crippen molar-refractivity contribution in [3.05, 3.63) is 58.7 Å². The zero-order chi connectivity index (χ0) is 23.1. The van der Waals surface area contributed by atoms with Gasteiger partial charge in [0, 0.05) is 6.54 Å². The molecule has 0 atom stereocenters. The molecule has 0 unspecified atom stereocenters. The molecule has 0 spiro atoms. The van der Waals surface area contributed by atoms with Crippen LogP contribution in [0.15, 0.2) is 42.0 Å². The van der Waals surface area contributed by atoms with Crippen LogP contribution in [0.25, 0.3) is 6.08 Å². The highest BCUT2D eigenvalue weighted by Gasteiger charge is 2.15. The van der Waals surface area contributed by atoms with Crippen molar-refractivity contribution >= 4 is 28.6 Å². The summed E-state index contributed by atoms with van der Waals surface area (Å²) in [5, 5.41) is 0. The van der Waals surface area contributed by atoms with Gasteiger partial charge in [0.25, 0.3) is 0 Å². The van der Waals surface area contributed by atoms with Crippen LogP contribution in [-0.2, 0) is 23.0 Å². The van der Waals surface area contributed by atoms with Gasteiger partial charge < -0.3 is 18.6 Å². The van der Waals surface area contributed by atoms with Crippen LogP contribution in [-0.4, -0.2) is 53.9 Å². The van der Waals surface area contributed by atoms with Crippen LogP contribution in [0.3, 0.4) is 0 Å². The zero-order valence-electron chi connectivity index (χ0n) is 19.8. The fraction of sp³-hybridized carbons (Fsp3) is 0.440. The van der Waals surface area contributed by atoms with Crippen LogP contribution < -0.4 is 13.7 Å². The molecule has 0 saturated carbocycles. The summed E-state index contributed by atoms with van der Waals surface area (Å²) in [4.78, 5) is 2.34. The van der Waals surface area contributed by atoms with E-state index in [1.54, 1.807) is 26.4 Å². The van der Waals surface area contributed by atoms with Crippen LogP contribution >= 0.6 is 12.4 Å². The summed E-state index contributed by atoms with van der Waals surface area (Å²) in [6, 6.07) is 11.4. The normalized spacial score (nSPS) is 13.1. The van der Waals surface area contributed by atoms with Crippen molar-refractivity contribution in [3.63, 3.8) is 0 Å². The molecular weight excluding hydrogens is 462 g/mol. The van der Waals surface area contributed by atoms with Crippen LogP contribution in [0.4, 0.5) is 0 Å². The minimum absolute atomic E-state index is 0. The monoisotopic (exact) mass is 495 g/mol. The lowest BCUT2D eigenvalue weighted by Crippen LogP contribution is -2.22. The first-order chi connectivity index (χ1) is 15.3. The maximum absolute atomic E-state index is 11.2. The molecule has 0 bridgehead atoms. The molecule has 0 heterocycles. The van der Waals surface area contributed by atoms with Crippen molar-refractivity contribution in [1.29, 1.82) is 0 Å². The molecule has 2 aromatic carbocycles. The Morgan fingerprint density at radius 1 is 0.939 bits per heavy atom. The Bertz CT molecular complexity index is 1050. The highest BCUT2D eigenvalue weighted by molar-refractivity contribution is 7.86. The minimum Gasteiger partial charge on any atom is -0.493 e. The number of fused-ring (bicyclic) bond motifs is 1. The molecule has 1 aliphatic carbocycles. The molecule has 0 saturated heterocycles. The predicted octanol–water partition coefficient (Wildman–Crippen LogP) is 4.75. The average Bonchev–Trinajstić information content (AvgIpc) is 2.76. The number of nitrogens with zero attached hydrogens (tertiary/aromatic N) is 1. The van der Waals surface area contributed by atoms with E-state index < -0.39 is 10.1 Å². The third kappa shape index (κ3) is 8.25. The van der Waals surface area contributed by atoms with E-state index in [9.17, 15) is 8.42 Å². The molecule has 3 rings (SSSR count). The summed E-state index contributed by atoms with van der Waals surface area (Å²) in [5.41, 5.74) is 5.20. The fourth-order valence-corrected chi connectivity index (χ4v) is 4.43. The van der Waals surface area contributed by atoms with E-state index in [-0.39, 0.29) is 12.4 Å². The Morgan fingerprint density at radius 2 is 1.61 bits per heavy atom. The first-order valence-corrected chi connectivity index (χ1v) is 12.7. The molecule has 0 radical (unpaired) electrons. The van der Waals surface area contributed by atoms with E-state index >= 15 is 0 Å². The van der Waals surface area contributed by atoms with Crippen molar-refractivity contribution in [1.82, 2.24) is 4.90 Å². The first kappa shape index (κ1) is 27.0. The number of benzene rings is 2. The molecule has 1 aliphatic rings. The first-order valence-electron chi connectivity index (χ1n) is 10.9. The SMILES string of the molecule is COc1cc2c(cc1OC)CCC(CCCN(C)CCc1ccc(OS(C)(=O)=O)cc1)=C2.Cl. The molecule has 0 N–H and O–H groups in total. The molecule has 182 valence electrons. The topological polar surface area (TPSA) is 65.1 Å². The van der Waals surface area contributed by atoms with E-state index in [4.69, 9.17) is 13.7 Å². The number of allylic oxidation sites excluding steroid dienone is 1. The Hall–Kier alpha value is -2.22. The maximum atomic E-state index is 11.2. The number of methoxy groups -OCH3 is 2. The number of aryl methyl sites for hydroxylation is 1. The van der Waals surface area contributed by atoms with Crippen LogP contribution in [0.2, 0.25) is 0 Å². The lowest BCUT2D eigenvalue weighted by molar-refractivity contribution is 0.333. The van der Waals surface area contributed by atoms with Gasteiger partial charge in [-0.2, -0.15) is 8.42 Å². The predicted molar refractivity (Wildman–Crippen MR) is 135 cm³/mol. The van der Waals surface area contributed by atoms with Gasteiger partial charge in [-0.15, -0.1) is 12.4 Å². The van der Waals surface area contributed by atoms with Gasteiger partial charge in [0.15, 0.2) is 11.5 Å². The standard InChI is InChI=1S/C25H33NO5S.ClH/c1-26(15-13-19-8-11-23(12-9-19)31-32(4,27)28)14-5-6-20-7-10-21-17-24(29-2)25(30-3)18-22(21)16-20;/h8-9,11-12,16-18H,5-7,10,13-15H2,1-4H3;1H. The number of hydrogen-bond donors (Lipinski definition) is 0. The number of hydrogen-bond acceptors (Lipinski definition) is 6. The molecule has 0 aromatic heterocycles. The van der Waals surface area contributed by atoms with E-state index in [1.165, 1.54) is 16.7 Å². The smallest absolute Gasteiger partial charge is 0.306 e. The van der Waals surface area contributed by atoms with E-state index in [0.717, 1.165) is 68.5 Å².